The summed E-state index contributed by atoms with van der Waals surface area (Å²) in [6, 6.07) is 4.26. The van der Waals surface area contributed by atoms with Gasteiger partial charge >= 0.3 is 0 Å². The Morgan fingerprint density at radius 3 is 3.06 bits per heavy atom. The number of anilines is 1. The molecule has 0 fully saturated rings. The van der Waals surface area contributed by atoms with Crippen molar-refractivity contribution in [3.05, 3.63) is 29.3 Å². The van der Waals surface area contributed by atoms with E-state index in [0.717, 1.165) is 24.2 Å². The topological polar surface area (TPSA) is 47.3 Å². The lowest BCUT2D eigenvalue weighted by Crippen LogP contribution is -2.05. The van der Waals surface area contributed by atoms with E-state index in [9.17, 15) is 0 Å². The average Bonchev–Trinajstić information content (AvgIpc) is 2.68. The molecule has 2 rings (SSSR count). The van der Waals surface area contributed by atoms with Gasteiger partial charge in [0.2, 0.25) is 0 Å². The molecule has 0 saturated heterocycles. The van der Waals surface area contributed by atoms with Crippen molar-refractivity contribution in [2.75, 3.05) is 18.9 Å². The molecule has 1 unspecified atom stereocenters. The zero-order chi connectivity index (χ0) is 12.3. The van der Waals surface area contributed by atoms with Gasteiger partial charge in [-0.2, -0.15) is 0 Å². The zero-order valence-electron chi connectivity index (χ0n) is 10.5. The number of hydrogen-bond donors (Lipinski definition) is 2. The van der Waals surface area contributed by atoms with Crippen LogP contribution in [-0.4, -0.2) is 19.7 Å². The highest BCUT2D eigenvalue weighted by Gasteiger charge is 2.22. The van der Waals surface area contributed by atoms with E-state index in [1.165, 1.54) is 11.3 Å². The van der Waals surface area contributed by atoms with Gasteiger partial charge < -0.3 is 15.8 Å². The van der Waals surface area contributed by atoms with Crippen molar-refractivity contribution in [2.45, 2.75) is 25.9 Å². The van der Waals surface area contributed by atoms with E-state index in [2.05, 4.69) is 36.5 Å². The van der Waals surface area contributed by atoms with Crippen molar-refractivity contribution >= 4 is 11.8 Å². The van der Waals surface area contributed by atoms with Crippen molar-refractivity contribution in [1.29, 1.82) is 0 Å². The van der Waals surface area contributed by atoms with Crippen LogP contribution in [0.5, 0.6) is 5.75 Å². The molecule has 0 amide bonds. The summed E-state index contributed by atoms with van der Waals surface area (Å²) in [5, 5.41) is 3.24. The minimum Gasteiger partial charge on any atom is -0.490 e. The van der Waals surface area contributed by atoms with Crippen LogP contribution in [0.3, 0.4) is 0 Å². The van der Waals surface area contributed by atoms with E-state index in [1.807, 2.05) is 7.05 Å². The molecule has 0 saturated carbocycles. The molecule has 0 aromatic heterocycles. The van der Waals surface area contributed by atoms with Gasteiger partial charge in [0.25, 0.3) is 0 Å². The van der Waals surface area contributed by atoms with Crippen molar-refractivity contribution < 1.29 is 4.74 Å². The average molecular weight is 232 g/mol. The lowest BCUT2D eigenvalue weighted by atomic mass is 10.0. The molecule has 0 spiro atoms. The first-order chi connectivity index (χ1) is 8.24. The number of benzene rings is 1. The molecule has 1 heterocycles. The molecular formula is C14H20N2O. The van der Waals surface area contributed by atoms with Crippen LogP contribution in [0.1, 0.15) is 24.5 Å². The van der Waals surface area contributed by atoms with E-state index in [0.29, 0.717) is 6.54 Å². The van der Waals surface area contributed by atoms with Crippen molar-refractivity contribution in [3.63, 3.8) is 0 Å². The van der Waals surface area contributed by atoms with Gasteiger partial charge in [-0.3, -0.25) is 0 Å². The molecule has 1 aliphatic rings. The van der Waals surface area contributed by atoms with Gasteiger partial charge in [-0.25, -0.2) is 0 Å². The summed E-state index contributed by atoms with van der Waals surface area (Å²) in [5.41, 5.74) is 9.09. The third kappa shape index (κ3) is 2.61. The Morgan fingerprint density at radius 2 is 2.35 bits per heavy atom. The Hall–Kier alpha value is -1.48. The molecule has 0 bridgehead atoms. The second kappa shape index (κ2) is 5.23. The summed E-state index contributed by atoms with van der Waals surface area (Å²) in [7, 11) is 1.95. The Kier molecular flexibility index (Phi) is 3.69. The molecule has 1 atom stereocenters. The van der Waals surface area contributed by atoms with Crippen molar-refractivity contribution in [3.8, 4) is 5.75 Å². The standard InChI is InChI=1S/C14H20N2O/c1-10-7-12-13(16-2)8-11(5-3-4-6-15)9-14(12)17-10/h3,5,8-10,16H,4,6-7,15H2,1-2H3/b5-3+. The van der Waals surface area contributed by atoms with Gasteiger partial charge in [0.05, 0.1) is 0 Å². The second-order valence-electron chi connectivity index (χ2n) is 4.41. The molecule has 92 valence electrons. The lowest BCUT2D eigenvalue weighted by molar-refractivity contribution is 0.254. The third-order valence-corrected chi connectivity index (χ3v) is 2.96. The monoisotopic (exact) mass is 232 g/mol. The maximum atomic E-state index is 5.80. The molecule has 1 aromatic rings. The predicted molar refractivity (Wildman–Crippen MR) is 72.5 cm³/mol. The maximum absolute atomic E-state index is 5.80. The van der Waals surface area contributed by atoms with E-state index in [-0.39, 0.29) is 6.10 Å². The quantitative estimate of drug-likeness (QED) is 0.838. The highest BCUT2D eigenvalue weighted by atomic mass is 16.5. The Morgan fingerprint density at radius 1 is 1.53 bits per heavy atom. The summed E-state index contributed by atoms with van der Waals surface area (Å²) in [6.07, 6.45) is 6.36. The molecule has 0 aliphatic carbocycles. The number of hydrogen-bond acceptors (Lipinski definition) is 3. The van der Waals surface area contributed by atoms with Crippen LogP contribution >= 0.6 is 0 Å². The summed E-state index contributed by atoms with van der Waals surface area (Å²) in [5.74, 6) is 1.01. The Bertz CT molecular complexity index is 426. The first-order valence-corrected chi connectivity index (χ1v) is 6.12. The van der Waals surface area contributed by atoms with Crippen LogP contribution in [0.2, 0.25) is 0 Å². The first-order valence-electron chi connectivity index (χ1n) is 6.12. The summed E-state index contributed by atoms with van der Waals surface area (Å²) in [4.78, 5) is 0. The van der Waals surface area contributed by atoms with Crippen molar-refractivity contribution in [1.82, 2.24) is 0 Å². The summed E-state index contributed by atoms with van der Waals surface area (Å²) < 4.78 is 5.80. The van der Waals surface area contributed by atoms with Crippen LogP contribution < -0.4 is 15.8 Å². The SMILES string of the molecule is CNc1cc(/C=C/CCN)cc2c1CC(C)O2. The fraction of sp³-hybridized carbons (Fsp3) is 0.429. The van der Waals surface area contributed by atoms with Crippen LogP contribution in [0, 0.1) is 0 Å². The van der Waals surface area contributed by atoms with Crippen LogP contribution in [0.25, 0.3) is 6.08 Å². The van der Waals surface area contributed by atoms with Crippen LogP contribution in [0.15, 0.2) is 18.2 Å². The predicted octanol–water partition coefficient (Wildman–Crippen LogP) is 2.41. The van der Waals surface area contributed by atoms with Crippen molar-refractivity contribution in [2.24, 2.45) is 5.73 Å². The van der Waals surface area contributed by atoms with Crippen LogP contribution in [0.4, 0.5) is 5.69 Å². The number of nitrogens with one attached hydrogen (secondary N) is 1. The number of fused-ring (bicyclic) bond motifs is 1. The summed E-state index contributed by atoms with van der Waals surface area (Å²) >= 11 is 0. The molecule has 17 heavy (non-hydrogen) atoms. The van der Waals surface area contributed by atoms with E-state index < -0.39 is 0 Å². The minimum absolute atomic E-state index is 0.278. The highest BCUT2D eigenvalue weighted by Crippen LogP contribution is 2.36. The number of ether oxygens (including phenoxy) is 1. The second-order valence-corrected chi connectivity index (χ2v) is 4.41. The zero-order valence-corrected chi connectivity index (χ0v) is 10.5. The van der Waals surface area contributed by atoms with E-state index >= 15 is 0 Å². The van der Waals surface area contributed by atoms with E-state index in [1.54, 1.807) is 0 Å². The van der Waals surface area contributed by atoms with E-state index in [4.69, 9.17) is 10.5 Å². The largest absolute Gasteiger partial charge is 0.490 e. The fourth-order valence-corrected chi connectivity index (χ4v) is 2.16. The minimum atomic E-state index is 0.278. The highest BCUT2D eigenvalue weighted by molar-refractivity contribution is 5.67. The van der Waals surface area contributed by atoms with Gasteiger partial charge in [0.1, 0.15) is 11.9 Å². The molecule has 1 aromatic carbocycles. The molecule has 3 N–H and O–H groups in total. The molecular weight excluding hydrogens is 212 g/mol. The lowest BCUT2D eigenvalue weighted by Gasteiger charge is -2.08. The molecule has 1 aliphatic heterocycles. The third-order valence-electron chi connectivity index (χ3n) is 2.96. The smallest absolute Gasteiger partial charge is 0.125 e. The van der Waals surface area contributed by atoms with Gasteiger partial charge in [0, 0.05) is 24.7 Å². The Balaban J connectivity index is 2.29. The first kappa shape index (κ1) is 12.0. The molecule has 3 nitrogen and oxygen atoms in total. The van der Waals surface area contributed by atoms with Gasteiger partial charge in [0.15, 0.2) is 0 Å². The van der Waals surface area contributed by atoms with Gasteiger partial charge in [-0.1, -0.05) is 12.2 Å². The van der Waals surface area contributed by atoms with Gasteiger partial charge in [-0.05, 0) is 37.6 Å². The number of nitrogens with two attached hydrogens (primary N) is 1. The van der Waals surface area contributed by atoms with Crippen LogP contribution in [-0.2, 0) is 6.42 Å². The van der Waals surface area contributed by atoms with Gasteiger partial charge in [-0.15, -0.1) is 0 Å². The molecule has 3 heteroatoms. The number of rotatable bonds is 4. The molecule has 0 radical (unpaired) electrons. The summed E-state index contributed by atoms with van der Waals surface area (Å²) in [6.45, 7) is 2.79. The normalized spacial score (nSPS) is 18.2. The fourth-order valence-electron chi connectivity index (χ4n) is 2.16. The maximum Gasteiger partial charge on any atom is 0.125 e. The Labute approximate surface area is 103 Å².